The fourth-order valence-corrected chi connectivity index (χ4v) is 3.88. The fraction of sp³-hybridized carbons (Fsp3) is 0.579. The Bertz CT molecular complexity index is 573. The standard InChI is InChI=1S/C19H28N2O3S/c1-4-20(5-2)19(23)17-8-7-13-21(17)18(22)14-25-16-11-9-15(10-12-16)24-6-3/h9-12,17H,4-8,13-14H2,1-3H3. The molecule has 1 atom stereocenters. The summed E-state index contributed by atoms with van der Waals surface area (Å²) in [5.74, 6) is 1.32. The molecule has 1 saturated heterocycles. The molecule has 2 rings (SSSR count). The molecule has 1 aromatic carbocycles. The number of carbonyl (C=O) groups excluding carboxylic acids is 2. The molecule has 0 radical (unpaired) electrons. The van der Waals surface area contributed by atoms with Crippen LogP contribution < -0.4 is 4.74 Å². The Hall–Kier alpha value is -1.69. The van der Waals surface area contributed by atoms with Crippen LogP contribution in [0.1, 0.15) is 33.6 Å². The highest BCUT2D eigenvalue weighted by atomic mass is 32.2. The summed E-state index contributed by atoms with van der Waals surface area (Å²) >= 11 is 1.50. The summed E-state index contributed by atoms with van der Waals surface area (Å²) in [5, 5.41) is 0. The lowest BCUT2D eigenvalue weighted by atomic mass is 10.2. The zero-order valence-corrected chi connectivity index (χ0v) is 16.2. The first kappa shape index (κ1) is 19.6. The van der Waals surface area contributed by atoms with Crippen molar-refractivity contribution in [3.05, 3.63) is 24.3 Å². The van der Waals surface area contributed by atoms with Crippen LogP contribution in [-0.4, -0.2) is 59.7 Å². The first-order valence-electron chi connectivity index (χ1n) is 9.04. The average molecular weight is 365 g/mol. The minimum atomic E-state index is -0.284. The summed E-state index contributed by atoms with van der Waals surface area (Å²) < 4.78 is 5.43. The minimum absolute atomic E-state index is 0.0434. The summed E-state index contributed by atoms with van der Waals surface area (Å²) in [6.07, 6.45) is 1.67. The molecule has 0 bridgehead atoms. The van der Waals surface area contributed by atoms with E-state index in [9.17, 15) is 9.59 Å². The van der Waals surface area contributed by atoms with Crippen LogP contribution in [0.15, 0.2) is 29.2 Å². The van der Waals surface area contributed by atoms with Crippen LogP contribution in [0.4, 0.5) is 0 Å². The summed E-state index contributed by atoms with van der Waals surface area (Å²) in [5.41, 5.74) is 0. The Balaban J connectivity index is 1.91. The molecule has 0 saturated carbocycles. The molecule has 0 N–H and O–H groups in total. The molecule has 138 valence electrons. The van der Waals surface area contributed by atoms with Crippen molar-refractivity contribution in [3.63, 3.8) is 0 Å². The minimum Gasteiger partial charge on any atom is -0.494 e. The zero-order chi connectivity index (χ0) is 18.2. The summed E-state index contributed by atoms with van der Waals surface area (Å²) in [4.78, 5) is 29.8. The van der Waals surface area contributed by atoms with Gasteiger partial charge in [0.1, 0.15) is 11.8 Å². The third-order valence-corrected chi connectivity index (χ3v) is 5.43. The molecule has 1 unspecified atom stereocenters. The fourth-order valence-electron chi connectivity index (χ4n) is 3.09. The second-order valence-corrected chi connectivity index (χ2v) is 7.00. The number of rotatable bonds is 8. The number of likely N-dealkylation sites (tertiary alicyclic amines) is 1. The number of hydrogen-bond acceptors (Lipinski definition) is 4. The number of hydrogen-bond donors (Lipinski definition) is 0. The van der Waals surface area contributed by atoms with Gasteiger partial charge in [-0.15, -0.1) is 11.8 Å². The molecule has 2 amide bonds. The number of amides is 2. The van der Waals surface area contributed by atoms with Crippen LogP contribution in [0.3, 0.4) is 0 Å². The number of benzene rings is 1. The van der Waals surface area contributed by atoms with Gasteiger partial charge in [-0.05, 0) is 57.9 Å². The SMILES string of the molecule is CCOc1ccc(SCC(=O)N2CCCC2C(=O)N(CC)CC)cc1. The molecular formula is C19H28N2O3S. The number of ether oxygens (including phenoxy) is 1. The molecule has 1 aliphatic heterocycles. The topological polar surface area (TPSA) is 49.9 Å². The molecular weight excluding hydrogens is 336 g/mol. The van der Waals surface area contributed by atoms with E-state index in [2.05, 4.69) is 0 Å². The monoisotopic (exact) mass is 364 g/mol. The van der Waals surface area contributed by atoms with Gasteiger partial charge in [0.25, 0.3) is 0 Å². The van der Waals surface area contributed by atoms with Crippen molar-refractivity contribution in [1.82, 2.24) is 9.80 Å². The van der Waals surface area contributed by atoms with Gasteiger partial charge in [0.2, 0.25) is 11.8 Å². The van der Waals surface area contributed by atoms with Crippen molar-refractivity contribution in [2.24, 2.45) is 0 Å². The van der Waals surface area contributed by atoms with Gasteiger partial charge in [0.15, 0.2) is 0 Å². The van der Waals surface area contributed by atoms with Crippen molar-refractivity contribution in [2.45, 2.75) is 44.6 Å². The van der Waals surface area contributed by atoms with Gasteiger partial charge in [-0.3, -0.25) is 9.59 Å². The Morgan fingerprint density at radius 1 is 1.20 bits per heavy atom. The highest BCUT2D eigenvalue weighted by Crippen LogP contribution is 2.25. The maximum absolute atomic E-state index is 12.6. The van der Waals surface area contributed by atoms with Gasteiger partial charge < -0.3 is 14.5 Å². The molecule has 0 aromatic heterocycles. The largest absolute Gasteiger partial charge is 0.494 e. The van der Waals surface area contributed by atoms with E-state index in [1.807, 2.05) is 49.9 Å². The van der Waals surface area contributed by atoms with Crippen LogP contribution in [0.5, 0.6) is 5.75 Å². The van der Waals surface area contributed by atoms with Gasteiger partial charge in [-0.1, -0.05) is 0 Å². The number of nitrogens with zero attached hydrogens (tertiary/aromatic N) is 2. The van der Waals surface area contributed by atoms with Gasteiger partial charge in [-0.25, -0.2) is 0 Å². The summed E-state index contributed by atoms with van der Waals surface area (Å²) in [6, 6.07) is 7.47. The van der Waals surface area contributed by atoms with Crippen LogP contribution in [-0.2, 0) is 9.59 Å². The van der Waals surface area contributed by atoms with Gasteiger partial charge in [0.05, 0.1) is 12.4 Å². The number of likely N-dealkylation sites (N-methyl/N-ethyl adjacent to an activating group) is 1. The molecule has 0 spiro atoms. The predicted molar refractivity (Wildman–Crippen MR) is 101 cm³/mol. The van der Waals surface area contributed by atoms with Gasteiger partial charge in [0, 0.05) is 24.5 Å². The number of thioether (sulfide) groups is 1. The van der Waals surface area contributed by atoms with Gasteiger partial charge >= 0.3 is 0 Å². The van der Waals surface area contributed by atoms with Crippen LogP contribution in [0, 0.1) is 0 Å². The van der Waals surface area contributed by atoms with E-state index in [0.717, 1.165) is 23.5 Å². The molecule has 5 nitrogen and oxygen atoms in total. The van der Waals surface area contributed by atoms with E-state index in [-0.39, 0.29) is 17.9 Å². The normalized spacial score (nSPS) is 16.8. The molecule has 1 heterocycles. The molecule has 1 aliphatic rings. The average Bonchev–Trinajstić information content (AvgIpc) is 3.12. The third kappa shape index (κ3) is 5.14. The number of carbonyl (C=O) groups is 2. The highest BCUT2D eigenvalue weighted by molar-refractivity contribution is 8.00. The Morgan fingerprint density at radius 2 is 1.88 bits per heavy atom. The maximum atomic E-state index is 12.6. The maximum Gasteiger partial charge on any atom is 0.245 e. The van der Waals surface area contributed by atoms with Crippen molar-refractivity contribution >= 4 is 23.6 Å². The molecule has 1 fully saturated rings. The molecule has 1 aromatic rings. The Morgan fingerprint density at radius 3 is 2.48 bits per heavy atom. The lowest BCUT2D eigenvalue weighted by Gasteiger charge is -2.29. The van der Waals surface area contributed by atoms with Crippen LogP contribution in [0.2, 0.25) is 0 Å². The lowest BCUT2D eigenvalue weighted by molar-refractivity contribution is -0.142. The third-order valence-electron chi connectivity index (χ3n) is 4.43. The predicted octanol–water partition coefficient (Wildman–Crippen LogP) is 3.04. The zero-order valence-electron chi connectivity index (χ0n) is 15.4. The molecule has 0 aliphatic carbocycles. The van der Waals surface area contributed by atoms with E-state index in [1.165, 1.54) is 11.8 Å². The highest BCUT2D eigenvalue weighted by Gasteiger charge is 2.35. The first-order valence-corrected chi connectivity index (χ1v) is 10.0. The van der Waals surface area contributed by atoms with E-state index < -0.39 is 0 Å². The first-order chi connectivity index (χ1) is 12.1. The van der Waals surface area contributed by atoms with Crippen molar-refractivity contribution in [3.8, 4) is 5.75 Å². The second-order valence-electron chi connectivity index (χ2n) is 5.95. The van der Waals surface area contributed by atoms with E-state index in [1.54, 1.807) is 4.90 Å². The summed E-state index contributed by atoms with van der Waals surface area (Å²) in [6.45, 7) is 8.60. The Labute approximate surface area is 154 Å². The quantitative estimate of drug-likeness (QED) is 0.665. The van der Waals surface area contributed by atoms with Crippen LogP contribution in [0.25, 0.3) is 0 Å². The summed E-state index contributed by atoms with van der Waals surface area (Å²) in [7, 11) is 0. The van der Waals surface area contributed by atoms with Crippen molar-refractivity contribution < 1.29 is 14.3 Å². The second kappa shape index (κ2) is 9.70. The van der Waals surface area contributed by atoms with E-state index in [4.69, 9.17) is 4.74 Å². The molecule has 6 heteroatoms. The van der Waals surface area contributed by atoms with Crippen LogP contribution >= 0.6 is 11.8 Å². The molecule has 25 heavy (non-hydrogen) atoms. The van der Waals surface area contributed by atoms with Crippen molar-refractivity contribution in [2.75, 3.05) is 32.0 Å². The smallest absolute Gasteiger partial charge is 0.245 e. The lowest BCUT2D eigenvalue weighted by Crippen LogP contribution is -2.48. The Kier molecular flexibility index (Phi) is 7.62. The van der Waals surface area contributed by atoms with Gasteiger partial charge in [-0.2, -0.15) is 0 Å². The van der Waals surface area contributed by atoms with E-state index >= 15 is 0 Å². The van der Waals surface area contributed by atoms with Crippen molar-refractivity contribution in [1.29, 1.82) is 0 Å². The van der Waals surface area contributed by atoms with E-state index in [0.29, 0.717) is 32.0 Å².